The largest absolute Gasteiger partial charge is 0.493 e. The first-order valence-corrected chi connectivity index (χ1v) is 8.11. The van der Waals surface area contributed by atoms with Crippen LogP contribution in [0.25, 0.3) is 0 Å². The van der Waals surface area contributed by atoms with E-state index in [0.717, 1.165) is 5.56 Å². The highest BCUT2D eigenvalue weighted by Gasteiger charge is 2.30. The van der Waals surface area contributed by atoms with Gasteiger partial charge in [-0.1, -0.05) is 30.3 Å². The maximum absolute atomic E-state index is 12.5. The van der Waals surface area contributed by atoms with E-state index in [4.69, 9.17) is 9.47 Å². The zero-order valence-electron chi connectivity index (χ0n) is 14.0. The van der Waals surface area contributed by atoms with Gasteiger partial charge in [0.05, 0.1) is 19.6 Å². The highest BCUT2D eigenvalue weighted by atomic mass is 16.5. The molecule has 0 aromatic heterocycles. The Balaban J connectivity index is 1.56. The van der Waals surface area contributed by atoms with Gasteiger partial charge in [-0.2, -0.15) is 0 Å². The molecule has 0 radical (unpaired) electrons. The smallest absolute Gasteiger partial charge is 0.228 e. The number of carbonyl (C=O) groups excluding carboxylic acids is 2. The molecule has 6 heteroatoms. The van der Waals surface area contributed by atoms with Crippen molar-refractivity contribution < 1.29 is 19.1 Å². The first-order chi connectivity index (χ1) is 12.2. The van der Waals surface area contributed by atoms with E-state index < -0.39 is 5.92 Å². The van der Waals surface area contributed by atoms with Crippen LogP contribution in [0.1, 0.15) is 17.9 Å². The van der Waals surface area contributed by atoms with E-state index in [0.29, 0.717) is 30.3 Å². The number of carbonyl (C=O) groups is 2. The Bertz CT molecular complexity index is 776. The van der Waals surface area contributed by atoms with Crippen molar-refractivity contribution in [3.05, 3.63) is 54.1 Å². The first-order valence-electron chi connectivity index (χ1n) is 8.11. The number of methoxy groups -OCH3 is 1. The van der Waals surface area contributed by atoms with Crippen molar-refractivity contribution >= 4 is 17.5 Å². The van der Waals surface area contributed by atoms with Crippen LogP contribution in [0.4, 0.5) is 5.69 Å². The maximum atomic E-state index is 12.5. The highest BCUT2D eigenvalue weighted by Crippen LogP contribution is 2.32. The Kier molecular flexibility index (Phi) is 5.18. The van der Waals surface area contributed by atoms with Crippen molar-refractivity contribution in [3.8, 4) is 11.5 Å². The second kappa shape index (κ2) is 7.70. The Morgan fingerprint density at radius 2 is 1.88 bits per heavy atom. The summed E-state index contributed by atoms with van der Waals surface area (Å²) in [6, 6.07) is 14.7. The van der Waals surface area contributed by atoms with Crippen LogP contribution in [0.3, 0.4) is 0 Å². The molecule has 2 aromatic rings. The van der Waals surface area contributed by atoms with E-state index in [-0.39, 0.29) is 18.2 Å². The standard InChI is InChI=1S/C19H20N2O4/c1-24-16-8-4-5-9-17(16)25-11-10-20-19(23)14-12-18(22)21-15-7-3-2-6-13(14)15/h2-9,14H,10-12H2,1H3,(H,20,23)(H,21,22)/t14-/m0/s1. The van der Waals surface area contributed by atoms with E-state index in [9.17, 15) is 9.59 Å². The summed E-state index contributed by atoms with van der Waals surface area (Å²) in [5.74, 6) is 0.472. The minimum Gasteiger partial charge on any atom is -0.493 e. The number of fused-ring (bicyclic) bond motifs is 1. The molecule has 25 heavy (non-hydrogen) atoms. The van der Waals surface area contributed by atoms with Crippen LogP contribution in [0.2, 0.25) is 0 Å². The molecular weight excluding hydrogens is 320 g/mol. The van der Waals surface area contributed by atoms with E-state index in [2.05, 4.69) is 10.6 Å². The molecule has 3 rings (SSSR count). The molecule has 0 saturated carbocycles. The molecule has 0 spiro atoms. The van der Waals surface area contributed by atoms with Crippen molar-refractivity contribution in [2.24, 2.45) is 0 Å². The van der Waals surface area contributed by atoms with E-state index in [1.54, 1.807) is 13.2 Å². The summed E-state index contributed by atoms with van der Waals surface area (Å²) < 4.78 is 10.9. The van der Waals surface area contributed by atoms with Gasteiger partial charge in [0.1, 0.15) is 6.61 Å². The lowest BCUT2D eigenvalue weighted by molar-refractivity contribution is -0.126. The number of para-hydroxylation sites is 3. The SMILES string of the molecule is COc1ccccc1OCCNC(=O)[C@H]1CC(=O)Nc2ccccc21. The number of hydrogen-bond acceptors (Lipinski definition) is 4. The van der Waals surface area contributed by atoms with Crippen molar-refractivity contribution in [2.75, 3.05) is 25.6 Å². The molecule has 2 N–H and O–H groups in total. The van der Waals surface area contributed by atoms with Crippen LogP contribution in [-0.2, 0) is 9.59 Å². The number of ether oxygens (including phenoxy) is 2. The number of amides is 2. The monoisotopic (exact) mass is 340 g/mol. The predicted molar refractivity (Wildman–Crippen MR) is 93.9 cm³/mol. The number of rotatable bonds is 6. The fraction of sp³-hybridized carbons (Fsp3) is 0.263. The van der Waals surface area contributed by atoms with Crippen molar-refractivity contribution in [1.29, 1.82) is 0 Å². The van der Waals surface area contributed by atoms with Gasteiger partial charge in [0.25, 0.3) is 0 Å². The van der Waals surface area contributed by atoms with Crippen LogP contribution >= 0.6 is 0 Å². The van der Waals surface area contributed by atoms with Gasteiger partial charge in [-0.05, 0) is 23.8 Å². The lowest BCUT2D eigenvalue weighted by Gasteiger charge is -2.24. The van der Waals surface area contributed by atoms with Gasteiger partial charge in [-0.25, -0.2) is 0 Å². The quantitative estimate of drug-likeness (QED) is 0.791. The molecule has 2 aromatic carbocycles. The maximum Gasteiger partial charge on any atom is 0.228 e. The normalized spacial score (nSPS) is 15.7. The van der Waals surface area contributed by atoms with Crippen molar-refractivity contribution in [3.63, 3.8) is 0 Å². The summed E-state index contributed by atoms with van der Waals surface area (Å²) in [6.07, 6.45) is 0.149. The predicted octanol–water partition coefficient (Wildman–Crippen LogP) is 2.32. The van der Waals surface area contributed by atoms with Gasteiger partial charge < -0.3 is 20.1 Å². The lowest BCUT2D eigenvalue weighted by atomic mass is 9.90. The molecule has 1 aliphatic rings. The third kappa shape index (κ3) is 3.91. The zero-order valence-corrected chi connectivity index (χ0v) is 14.0. The second-order valence-corrected chi connectivity index (χ2v) is 5.68. The summed E-state index contributed by atoms with van der Waals surface area (Å²) in [5.41, 5.74) is 1.54. The number of nitrogens with one attached hydrogen (secondary N) is 2. The topological polar surface area (TPSA) is 76.7 Å². The fourth-order valence-corrected chi connectivity index (χ4v) is 2.84. The van der Waals surface area contributed by atoms with Crippen molar-refractivity contribution in [1.82, 2.24) is 5.32 Å². The molecule has 1 aliphatic heterocycles. The van der Waals surface area contributed by atoms with Gasteiger partial charge in [0.2, 0.25) is 11.8 Å². The van der Waals surface area contributed by atoms with E-state index in [1.165, 1.54) is 0 Å². The van der Waals surface area contributed by atoms with Crippen LogP contribution in [0, 0.1) is 0 Å². The second-order valence-electron chi connectivity index (χ2n) is 5.68. The molecule has 2 amide bonds. The van der Waals surface area contributed by atoms with Gasteiger partial charge in [0, 0.05) is 12.1 Å². The molecule has 0 bridgehead atoms. The molecule has 6 nitrogen and oxygen atoms in total. The third-order valence-electron chi connectivity index (χ3n) is 4.04. The lowest BCUT2D eigenvalue weighted by Crippen LogP contribution is -2.36. The summed E-state index contributed by atoms with van der Waals surface area (Å²) in [6.45, 7) is 0.657. The van der Waals surface area contributed by atoms with Crippen LogP contribution in [0.5, 0.6) is 11.5 Å². The molecule has 0 unspecified atom stereocenters. The molecule has 1 atom stereocenters. The Hall–Kier alpha value is -3.02. The molecule has 1 heterocycles. The van der Waals surface area contributed by atoms with Crippen molar-refractivity contribution in [2.45, 2.75) is 12.3 Å². The Morgan fingerprint density at radius 1 is 1.16 bits per heavy atom. The van der Waals surface area contributed by atoms with Crippen LogP contribution < -0.4 is 20.1 Å². The molecular formula is C19H20N2O4. The van der Waals surface area contributed by atoms with Gasteiger partial charge in [-0.15, -0.1) is 0 Å². The van der Waals surface area contributed by atoms with Gasteiger partial charge in [-0.3, -0.25) is 9.59 Å². The zero-order chi connectivity index (χ0) is 17.6. The van der Waals surface area contributed by atoms with Gasteiger partial charge >= 0.3 is 0 Å². The van der Waals surface area contributed by atoms with Crippen LogP contribution in [-0.4, -0.2) is 32.1 Å². The average Bonchev–Trinajstić information content (AvgIpc) is 2.64. The van der Waals surface area contributed by atoms with Gasteiger partial charge in [0.15, 0.2) is 11.5 Å². The molecule has 0 aliphatic carbocycles. The highest BCUT2D eigenvalue weighted by molar-refractivity contribution is 6.01. The Morgan fingerprint density at radius 3 is 2.68 bits per heavy atom. The molecule has 0 saturated heterocycles. The number of benzene rings is 2. The first kappa shape index (κ1) is 16.8. The average molecular weight is 340 g/mol. The summed E-state index contributed by atoms with van der Waals surface area (Å²) >= 11 is 0. The fourth-order valence-electron chi connectivity index (χ4n) is 2.84. The minimum atomic E-state index is -0.476. The number of anilines is 1. The summed E-state index contributed by atoms with van der Waals surface area (Å²) in [7, 11) is 1.58. The molecule has 130 valence electrons. The Labute approximate surface area is 146 Å². The summed E-state index contributed by atoms with van der Waals surface area (Å²) in [4.78, 5) is 24.3. The third-order valence-corrected chi connectivity index (χ3v) is 4.04. The van der Waals surface area contributed by atoms with E-state index in [1.807, 2.05) is 42.5 Å². The summed E-state index contributed by atoms with van der Waals surface area (Å²) in [5, 5.41) is 5.63. The molecule has 0 fully saturated rings. The van der Waals surface area contributed by atoms with Crippen LogP contribution in [0.15, 0.2) is 48.5 Å². The minimum absolute atomic E-state index is 0.149. The number of hydrogen-bond donors (Lipinski definition) is 2. The van der Waals surface area contributed by atoms with E-state index >= 15 is 0 Å².